The average molecular weight is 531 g/mol. The zero-order valence-electron chi connectivity index (χ0n) is 23.3. The molecule has 0 spiro atoms. The molecule has 0 atom stereocenters. The molecular formula is C28H43FN6O3. The van der Waals surface area contributed by atoms with Crippen molar-refractivity contribution >= 4 is 17.8 Å². The molecule has 0 aliphatic carbocycles. The summed E-state index contributed by atoms with van der Waals surface area (Å²) >= 11 is 0. The minimum Gasteiger partial charge on any atom is -0.388 e. The quantitative estimate of drug-likeness (QED) is 0.539. The second-order valence-corrected chi connectivity index (χ2v) is 9.12. The van der Waals surface area contributed by atoms with Crippen molar-refractivity contribution < 1.29 is 19.1 Å². The summed E-state index contributed by atoms with van der Waals surface area (Å²) in [5.41, 5.74) is 5.74. The first-order valence-electron chi connectivity index (χ1n) is 13.6. The van der Waals surface area contributed by atoms with E-state index in [1.807, 2.05) is 27.7 Å². The summed E-state index contributed by atoms with van der Waals surface area (Å²) in [4.78, 5) is 36.5. The lowest BCUT2D eigenvalue weighted by molar-refractivity contribution is -0.129. The fourth-order valence-corrected chi connectivity index (χ4v) is 4.47. The number of benzene rings is 1. The number of carbonyl (C=O) groups is 2. The van der Waals surface area contributed by atoms with Crippen LogP contribution < -0.4 is 11.1 Å². The van der Waals surface area contributed by atoms with Crippen LogP contribution in [-0.4, -0.2) is 81.1 Å². The van der Waals surface area contributed by atoms with E-state index in [0.717, 1.165) is 19.0 Å². The number of aliphatic hydroxyl groups is 1. The molecule has 9 nitrogen and oxygen atoms in total. The second-order valence-electron chi connectivity index (χ2n) is 9.12. The van der Waals surface area contributed by atoms with Gasteiger partial charge in [-0.05, 0) is 37.8 Å². The van der Waals surface area contributed by atoms with Gasteiger partial charge in [-0.25, -0.2) is 14.4 Å². The number of hydrogen-bond acceptors (Lipinski definition) is 7. The molecule has 2 fully saturated rings. The van der Waals surface area contributed by atoms with Crippen LogP contribution in [0.1, 0.15) is 70.7 Å². The second kappa shape index (κ2) is 14.7. The van der Waals surface area contributed by atoms with Crippen LogP contribution >= 0.6 is 0 Å². The highest BCUT2D eigenvalue weighted by Gasteiger charge is 2.33. The monoisotopic (exact) mass is 530 g/mol. The lowest BCUT2D eigenvalue weighted by Gasteiger charge is -2.37. The van der Waals surface area contributed by atoms with Crippen LogP contribution in [0.25, 0.3) is 11.3 Å². The summed E-state index contributed by atoms with van der Waals surface area (Å²) in [6.07, 6.45) is 3.50. The van der Waals surface area contributed by atoms with E-state index in [2.05, 4.69) is 15.3 Å². The lowest BCUT2D eigenvalue weighted by atomic mass is 9.91. The Bertz CT molecular complexity index is 1050. The third kappa shape index (κ3) is 7.94. The Labute approximate surface area is 225 Å². The summed E-state index contributed by atoms with van der Waals surface area (Å²) in [5.74, 6) is -0.377. The molecule has 1 aromatic heterocycles. The smallest absolute Gasteiger partial charge is 0.253 e. The molecule has 0 radical (unpaired) electrons. The number of likely N-dealkylation sites (tertiary alicyclic amines) is 2. The molecule has 0 unspecified atom stereocenters. The Morgan fingerprint density at radius 1 is 1.11 bits per heavy atom. The average Bonchev–Trinajstić information content (AvgIpc) is 2.96. The highest BCUT2D eigenvalue weighted by molar-refractivity contribution is 5.95. The first kappa shape index (κ1) is 31.1. The van der Waals surface area contributed by atoms with Crippen molar-refractivity contribution in [1.82, 2.24) is 19.8 Å². The first-order valence-corrected chi connectivity index (χ1v) is 13.6. The molecule has 2 aromatic rings. The molecule has 4 rings (SSSR count). The summed E-state index contributed by atoms with van der Waals surface area (Å²) in [7, 11) is 0. The Balaban J connectivity index is 0.00000121. The molecule has 1 aromatic carbocycles. The number of anilines is 1. The van der Waals surface area contributed by atoms with Gasteiger partial charge in [0, 0.05) is 56.8 Å². The molecule has 2 aliphatic rings. The zero-order chi connectivity index (χ0) is 28.3. The molecule has 2 aliphatic heterocycles. The van der Waals surface area contributed by atoms with Gasteiger partial charge in [-0.15, -0.1) is 0 Å². The maximum Gasteiger partial charge on any atom is 0.253 e. The zero-order valence-corrected chi connectivity index (χ0v) is 23.3. The molecule has 10 heteroatoms. The van der Waals surface area contributed by atoms with Crippen molar-refractivity contribution in [3.05, 3.63) is 41.8 Å². The lowest BCUT2D eigenvalue weighted by Crippen LogP contribution is -2.50. The van der Waals surface area contributed by atoms with Gasteiger partial charge in [0.2, 0.25) is 11.9 Å². The molecule has 210 valence electrons. The van der Waals surface area contributed by atoms with Crippen LogP contribution in [0.4, 0.5) is 10.3 Å². The van der Waals surface area contributed by atoms with Crippen molar-refractivity contribution in [2.45, 2.75) is 71.9 Å². The number of aromatic nitrogens is 2. The van der Waals surface area contributed by atoms with E-state index in [1.54, 1.807) is 41.0 Å². The Morgan fingerprint density at radius 2 is 1.74 bits per heavy atom. The predicted molar refractivity (Wildman–Crippen MR) is 148 cm³/mol. The van der Waals surface area contributed by atoms with E-state index in [1.165, 1.54) is 0 Å². The third-order valence-electron chi connectivity index (χ3n) is 6.76. The van der Waals surface area contributed by atoms with Gasteiger partial charge in [-0.2, -0.15) is 0 Å². The largest absolute Gasteiger partial charge is 0.388 e. The number of nitrogens with zero attached hydrogens (tertiary/aromatic N) is 4. The molecule has 3 heterocycles. The van der Waals surface area contributed by atoms with E-state index in [9.17, 15) is 19.1 Å². The number of nitrogens with two attached hydrogens (primary N) is 1. The van der Waals surface area contributed by atoms with Gasteiger partial charge in [0.1, 0.15) is 5.69 Å². The normalized spacial score (nSPS) is 16.9. The van der Waals surface area contributed by atoms with E-state index < -0.39 is 11.4 Å². The van der Waals surface area contributed by atoms with Gasteiger partial charge in [0.05, 0.1) is 11.8 Å². The molecule has 2 saturated heterocycles. The summed E-state index contributed by atoms with van der Waals surface area (Å²) in [5, 5.41) is 13.6. The number of amides is 2. The molecule has 0 saturated carbocycles. The van der Waals surface area contributed by atoms with E-state index in [-0.39, 0.29) is 30.1 Å². The fraction of sp³-hybridized carbons (Fsp3) is 0.571. The highest BCUT2D eigenvalue weighted by Crippen LogP contribution is 2.26. The third-order valence-corrected chi connectivity index (χ3v) is 6.76. The standard InChI is InChI=1S/C24H31FN6O3.2C2H6/c1-16(32)30-9-5-19(6-10-30)28-23-27-14-20(25)21(29-23)17-3-2-4-18(13-17)22(33)31-11-7-24(34,15-26)8-12-31;2*1-2/h2-4,13-14,19,34H,5-12,15,26H2,1H3,(H,27,28,29);2*1-2H3. The summed E-state index contributed by atoms with van der Waals surface area (Å²) < 4.78 is 14.7. The van der Waals surface area contributed by atoms with Gasteiger partial charge in [-0.1, -0.05) is 39.8 Å². The number of hydrogen-bond donors (Lipinski definition) is 3. The molecular weight excluding hydrogens is 487 g/mol. The van der Waals surface area contributed by atoms with Crippen LogP contribution in [0.3, 0.4) is 0 Å². The van der Waals surface area contributed by atoms with Crippen LogP contribution in [0.15, 0.2) is 30.5 Å². The van der Waals surface area contributed by atoms with Gasteiger partial charge < -0.3 is 26.0 Å². The number of carbonyl (C=O) groups excluding carboxylic acids is 2. The van der Waals surface area contributed by atoms with Gasteiger partial charge in [0.25, 0.3) is 5.91 Å². The SMILES string of the molecule is CC.CC.CC(=O)N1CCC(Nc2ncc(F)c(-c3cccc(C(=O)N4CCC(O)(CN)CC4)c3)n2)CC1. The highest BCUT2D eigenvalue weighted by atomic mass is 19.1. The van der Waals surface area contributed by atoms with E-state index in [4.69, 9.17) is 5.73 Å². The Hall–Kier alpha value is -3.11. The van der Waals surface area contributed by atoms with Crippen molar-refractivity contribution in [3.63, 3.8) is 0 Å². The van der Waals surface area contributed by atoms with Crippen molar-refractivity contribution in [2.24, 2.45) is 5.73 Å². The number of nitrogens with one attached hydrogen (secondary N) is 1. The van der Waals surface area contributed by atoms with Gasteiger partial charge in [0.15, 0.2) is 5.82 Å². The number of rotatable bonds is 5. The van der Waals surface area contributed by atoms with Crippen molar-refractivity contribution in [1.29, 1.82) is 0 Å². The number of halogens is 1. The summed E-state index contributed by atoms with van der Waals surface area (Å²) in [6, 6.07) is 6.83. The fourth-order valence-electron chi connectivity index (χ4n) is 4.47. The predicted octanol–water partition coefficient (Wildman–Crippen LogP) is 3.68. The van der Waals surface area contributed by atoms with Crippen LogP contribution in [0.5, 0.6) is 0 Å². The van der Waals surface area contributed by atoms with Gasteiger partial charge >= 0.3 is 0 Å². The number of piperidine rings is 2. The Morgan fingerprint density at radius 3 is 2.32 bits per heavy atom. The first-order chi connectivity index (χ1) is 18.3. The molecule has 38 heavy (non-hydrogen) atoms. The molecule has 4 N–H and O–H groups in total. The maximum atomic E-state index is 14.7. The molecule has 2 amide bonds. The van der Waals surface area contributed by atoms with Gasteiger partial charge in [-0.3, -0.25) is 9.59 Å². The maximum absolute atomic E-state index is 14.7. The summed E-state index contributed by atoms with van der Waals surface area (Å²) in [6.45, 7) is 11.9. The Kier molecular flexibility index (Phi) is 12.1. The van der Waals surface area contributed by atoms with Crippen molar-refractivity contribution in [3.8, 4) is 11.3 Å². The van der Waals surface area contributed by atoms with Crippen LogP contribution in [0, 0.1) is 5.82 Å². The van der Waals surface area contributed by atoms with Crippen LogP contribution in [0.2, 0.25) is 0 Å². The van der Waals surface area contributed by atoms with Crippen LogP contribution in [-0.2, 0) is 4.79 Å². The minimum atomic E-state index is -0.922. The minimum absolute atomic E-state index is 0.0628. The van der Waals surface area contributed by atoms with Crippen molar-refractivity contribution in [2.75, 3.05) is 38.0 Å². The van der Waals surface area contributed by atoms with E-state index >= 15 is 0 Å². The molecule has 0 bridgehead atoms. The van der Waals surface area contributed by atoms with E-state index in [0.29, 0.717) is 56.1 Å². The topological polar surface area (TPSA) is 125 Å².